The van der Waals surface area contributed by atoms with Crippen molar-refractivity contribution in [2.45, 2.75) is 23.4 Å². The van der Waals surface area contributed by atoms with Crippen molar-refractivity contribution in [3.8, 4) is 23.3 Å². The summed E-state index contributed by atoms with van der Waals surface area (Å²) in [6.45, 7) is -2.97. The first-order chi connectivity index (χ1) is 24.9. The van der Waals surface area contributed by atoms with Crippen molar-refractivity contribution < 1.29 is 36.6 Å². The first-order valence-electron chi connectivity index (χ1n) is 17.6. The van der Waals surface area contributed by atoms with E-state index in [1.54, 1.807) is 30.3 Å². The van der Waals surface area contributed by atoms with E-state index < -0.39 is 77.8 Å². The van der Waals surface area contributed by atoms with Crippen molar-refractivity contribution in [2.24, 2.45) is 5.73 Å². The predicted molar refractivity (Wildman–Crippen MR) is 171 cm³/mol. The monoisotopic (exact) mass is 614 g/mol. The van der Waals surface area contributed by atoms with Crippen molar-refractivity contribution in [1.82, 2.24) is 5.32 Å². The number of phenolic OH excluding ortho intramolecular Hbond substituents is 1. The average Bonchev–Trinajstić information content (AvgIpc) is 3.44. The van der Waals surface area contributed by atoms with Crippen LogP contribution in [0.5, 0.6) is 11.5 Å². The van der Waals surface area contributed by atoms with Crippen LogP contribution in [0.1, 0.15) is 56.7 Å². The Hall–Kier alpha value is -5.20. The molecule has 1 saturated heterocycles. The summed E-state index contributed by atoms with van der Waals surface area (Å²) in [5.41, 5.74) is 6.52. The molecule has 4 aromatic carbocycles. The molecule has 2 atom stereocenters. The van der Waals surface area contributed by atoms with Crippen LogP contribution in [0.4, 0.5) is 5.69 Å². The van der Waals surface area contributed by atoms with E-state index in [0.717, 1.165) is 30.0 Å². The first-order valence-corrected chi connectivity index (χ1v) is 14.1. The van der Waals surface area contributed by atoms with Gasteiger partial charge in [0, 0.05) is 40.8 Å². The van der Waals surface area contributed by atoms with Gasteiger partial charge in [0.15, 0.2) is 11.5 Å². The van der Waals surface area contributed by atoms with Gasteiger partial charge in [-0.25, -0.2) is 0 Å². The Morgan fingerprint density at radius 1 is 1.07 bits per heavy atom. The molecule has 3 amide bonds. The van der Waals surface area contributed by atoms with Crippen molar-refractivity contribution >= 4 is 35.2 Å². The number of methoxy groups -OCH3 is 1. The normalized spacial score (nSPS) is 19.3. The minimum absolute atomic E-state index is 0.0953. The highest BCUT2D eigenvalue weighted by Gasteiger charge is 2.42. The molecule has 0 radical (unpaired) electrons. The van der Waals surface area contributed by atoms with E-state index in [4.69, 9.17) is 22.8 Å². The standard InChI is InChI=1S/C35H31N3O5S/c1-43-30-20-25(14-17-29(30)39)18-19-37-32(40)22-31-34(42)38(28-9-5-8-27(21-28)33(36)41)35(44-31)26-15-12-24(13-16-26)11-10-23-6-3-2-4-7-23/h2-9,12-17,20-21,31,35,39H,18-19,22H2,1H3,(H2,36,41)(H,37,40)/t31-,35+/m1/s1/i2D,3D,4D,6D,7D,18D2,19D2. The van der Waals surface area contributed by atoms with Crippen LogP contribution in [0.25, 0.3) is 0 Å². The molecule has 8 nitrogen and oxygen atoms in total. The molecule has 9 heteroatoms. The third-order valence-corrected chi connectivity index (χ3v) is 7.87. The molecule has 0 aromatic heterocycles. The number of rotatable bonds is 9. The van der Waals surface area contributed by atoms with E-state index in [2.05, 4.69) is 17.2 Å². The van der Waals surface area contributed by atoms with Gasteiger partial charge in [-0.2, -0.15) is 0 Å². The van der Waals surface area contributed by atoms with E-state index in [1.807, 2.05) is 0 Å². The van der Waals surface area contributed by atoms with Crippen LogP contribution in [-0.2, 0) is 16.0 Å². The average molecular weight is 615 g/mol. The number of aryl methyl sites for hydroxylation is 1. The van der Waals surface area contributed by atoms with E-state index >= 15 is 0 Å². The summed E-state index contributed by atoms with van der Waals surface area (Å²) in [6.07, 6.45) is -3.34. The van der Waals surface area contributed by atoms with Gasteiger partial charge in [-0.3, -0.25) is 19.3 Å². The second-order valence-corrected chi connectivity index (χ2v) is 10.6. The molecule has 0 aliphatic carbocycles. The number of hydrogen-bond acceptors (Lipinski definition) is 6. The molecule has 1 heterocycles. The molecule has 5 rings (SSSR count). The molecule has 1 fully saturated rings. The number of nitrogens with zero attached hydrogens (tertiary/aromatic N) is 1. The van der Waals surface area contributed by atoms with E-state index in [9.17, 15) is 19.5 Å². The Kier molecular flexibility index (Phi) is 6.50. The zero-order valence-electron chi connectivity index (χ0n) is 32.2. The highest BCUT2D eigenvalue weighted by molar-refractivity contribution is 8.01. The topological polar surface area (TPSA) is 122 Å². The number of nitrogens with one attached hydrogen (secondary N) is 1. The maximum atomic E-state index is 14.0. The molecule has 0 unspecified atom stereocenters. The molecule has 4 N–H and O–H groups in total. The Bertz CT molecular complexity index is 2160. The summed E-state index contributed by atoms with van der Waals surface area (Å²) < 4.78 is 78.5. The van der Waals surface area contributed by atoms with E-state index in [0.29, 0.717) is 16.8 Å². The van der Waals surface area contributed by atoms with Crippen molar-refractivity contribution in [3.05, 3.63) is 125 Å². The summed E-state index contributed by atoms with van der Waals surface area (Å²) >= 11 is 1.07. The van der Waals surface area contributed by atoms with E-state index in [1.165, 1.54) is 30.2 Å². The number of aromatic hydroxyl groups is 1. The van der Waals surface area contributed by atoms with Crippen LogP contribution in [0.3, 0.4) is 0 Å². The highest BCUT2D eigenvalue weighted by atomic mass is 32.2. The second kappa shape index (κ2) is 13.8. The third kappa shape index (κ3) is 7.22. The highest BCUT2D eigenvalue weighted by Crippen LogP contribution is 2.46. The Balaban J connectivity index is 1.42. The minimum atomic E-state index is -2.97. The Morgan fingerprint density at radius 3 is 2.55 bits per heavy atom. The zero-order valence-corrected chi connectivity index (χ0v) is 24.0. The van der Waals surface area contributed by atoms with Gasteiger partial charge in [-0.1, -0.05) is 54.2 Å². The molecule has 0 spiro atoms. The molecule has 0 saturated carbocycles. The van der Waals surface area contributed by atoms with Crippen molar-refractivity contribution in [1.29, 1.82) is 0 Å². The molecule has 0 bridgehead atoms. The van der Waals surface area contributed by atoms with Crippen molar-refractivity contribution in [2.75, 3.05) is 18.5 Å². The maximum Gasteiger partial charge on any atom is 0.248 e. The Labute approximate surface area is 272 Å². The molecule has 1 aliphatic rings. The molecular weight excluding hydrogens is 574 g/mol. The van der Waals surface area contributed by atoms with Gasteiger partial charge in [0.05, 0.1) is 19.2 Å². The van der Waals surface area contributed by atoms with Crippen LogP contribution < -0.4 is 20.7 Å². The lowest BCUT2D eigenvalue weighted by Crippen LogP contribution is -2.34. The van der Waals surface area contributed by atoms with Crippen LogP contribution in [-0.4, -0.2) is 41.7 Å². The fraction of sp³-hybridized carbons (Fsp3) is 0.171. The van der Waals surface area contributed by atoms with E-state index in [-0.39, 0.29) is 28.2 Å². The number of ether oxygens (including phenoxy) is 1. The number of amides is 3. The van der Waals surface area contributed by atoms with Crippen LogP contribution in [0, 0.1) is 11.8 Å². The number of nitrogens with two attached hydrogens (primary N) is 1. The summed E-state index contributed by atoms with van der Waals surface area (Å²) in [4.78, 5) is 40.6. The number of carbonyl (C=O) groups is 3. The van der Waals surface area contributed by atoms with Gasteiger partial charge in [0.1, 0.15) is 5.37 Å². The number of primary amides is 1. The second-order valence-electron chi connectivity index (χ2n) is 9.36. The van der Waals surface area contributed by atoms with Crippen LogP contribution in [0.15, 0.2) is 96.9 Å². The number of thioether (sulfide) groups is 1. The molecule has 4 aromatic rings. The van der Waals surface area contributed by atoms with Crippen molar-refractivity contribution in [3.63, 3.8) is 0 Å². The number of phenols is 1. The number of carbonyl (C=O) groups excluding carboxylic acids is 3. The first kappa shape index (κ1) is 20.7. The number of hydrogen-bond donors (Lipinski definition) is 3. The molecule has 222 valence electrons. The molecular formula is C35H31N3O5S. The summed E-state index contributed by atoms with van der Waals surface area (Å²) in [5.74, 6) is 2.83. The van der Waals surface area contributed by atoms with Gasteiger partial charge in [0.25, 0.3) is 0 Å². The van der Waals surface area contributed by atoms with Gasteiger partial charge in [-0.15, -0.1) is 11.8 Å². The lowest BCUT2D eigenvalue weighted by atomic mass is 10.1. The third-order valence-electron chi connectivity index (χ3n) is 6.44. The fourth-order valence-corrected chi connectivity index (χ4v) is 5.76. The van der Waals surface area contributed by atoms with Gasteiger partial charge in [-0.05, 0) is 72.0 Å². The van der Waals surface area contributed by atoms with Gasteiger partial charge >= 0.3 is 0 Å². The summed E-state index contributed by atoms with van der Waals surface area (Å²) in [5, 5.41) is 10.1. The quantitative estimate of drug-likeness (QED) is 0.233. The minimum Gasteiger partial charge on any atom is -0.504 e. The summed E-state index contributed by atoms with van der Waals surface area (Å²) in [7, 11) is 1.25. The van der Waals surface area contributed by atoms with Crippen LogP contribution >= 0.6 is 11.8 Å². The fourth-order valence-electron chi connectivity index (χ4n) is 4.31. The zero-order chi connectivity index (χ0) is 39.0. The summed E-state index contributed by atoms with van der Waals surface area (Å²) in [6, 6.07) is 13.5. The smallest absolute Gasteiger partial charge is 0.248 e. The van der Waals surface area contributed by atoms with Gasteiger partial charge in [0.2, 0.25) is 17.7 Å². The Morgan fingerprint density at radius 2 is 1.82 bits per heavy atom. The number of anilines is 1. The predicted octanol–water partition coefficient (Wildman–Crippen LogP) is 4.80. The number of benzene rings is 4. The largest absolute Gasteiger partial charge is 0.504 e. The maximum absolute atomic E-state index is 14.0. The lowest BCUT2D eigenvalue weighted by molar-refractivity contribution is -0.124. The lowest BCUT2D eigenvalue weighted by Gasteiger charge is -2.24. The molecule has 44 heavy (non-hydrogen) atoms. The SMILES string of the molecule is [2H]c1c([2H])c([2H])c(C#Cc2ccc([C@@H]3S[C@H](CC(=O)NC([2H])([2H])C([2H])([2H])c4ccc(O)c(OC)c4)C(=O)N3c3cccc(C(N)=O)c3)cc2)c([2H])c1[2H]. The van der Waals surface area contributed by atoms with Crippen LogP contribution in [0.2, 0.25) is 0 Å². The van der Waals surface area contributed by atoms with Gasteiger partial charge < -0.3 is 20.9 Å². The molecule has 1 aliphatic heterocycles.